The van der Waals surface area contributed by atoms with Gasteiger partial charge in [0.1, 0.15) is 29.4 Å². The second-order valence-electron chi connectivity index (χ2n) is 15.7. The molecule has 7 rings (SSSR count). The maximum Gasteiger partial charge on any atom is 0.407 e. The fourth-order valence-electron chi connectivity index (χ4n) is 7.27. The predicted octanol–water partition coefficient (Wildman–Crippen LogP) is 4.10. The van der Waals surface area contributed by atoms with Gasteiger partial charge in [0, 0.05) is 12.0 Å². The van der Waals surface area contributed by atoms with Crippen LogP contribution < -0.4 is 20.1 Å². The van der Waals surface area contributed by atoms with Crippen LogP contribution in [0.25, 0.3) is 28.4 Å². The molecular weight excluding hydrogens is 713 g/mol. The lowest BCUT2D eigenvalue weighted by molar-refractivity contribution is -0.142. The van der Waals surface area contributed by atoms with Crippen molar-refractivity contribution in [2.75, 3.05) is 13.2 Å². The van der Waals surface area contributed by atoms with Gasteiger partial charge in [-0.2, -0.15) is 0 Å². The number of rotatable bonds is 7. The van der Waals surface area contributed by atoms with Gasteiger partial charge in [0.15, 0.2) is 0 Å². The highest BCUT2D eigenvalue weighted by Gasteiger charge is 2.62. The zero-order valence-corrected chi connectivity index (χ0v) is 31.6. The number of ether oxygens (including phenoxy) is 2. The number of carbonyl (C=O) groups excluding carboxylic acids is 4. The standard InChI is InChI=1S/C39H46N6O8S/c1-5-25-21-39(25,36(48)44-54(50,51)27-15-16-27)43-33(46)30-20-26-22-45(30)35(47)32(38(2,3)4)42-37(49)52-18-10-9-11-23-14-17-28-29(19-23)41-34(53-26)31(40-28)24-12-7-6-8-13-24/h6-9,11-14,17,19,25-27,30,32H,5,10,15-16,18,20-22H2,1-4H3,(H,42,49)(H,43,46)(H,44,48)/b11-9-/t25-,26-,30+,32-,39+/m1/s1. The van der Waals surface area contributed by atoms with Crippen LogP contribution >= 0.6 is 0 Å². The Morgan fingerprint density at radius 3 is 2.50 bits per heavy atom. The lowest BCUT2D eigenvalue weighted by Crippen LogP contribution is -2.60. The van der Waals surface area contributed by atoms with Crippen molar-refractivity contribution < 1.29 is 37.1 Å². The monoisotopic (exact) mass is 758 g/mol. The molecule has 4 amide bonds. The molecule has 3 aromatic rings. The molecule has 3 heterocycles. The minimum absolute atomic E-state index is 0.0183. The first-order valence-corrected chi connectivity index (χ1v) is 20.1. The van der Waals surface area contributed by atoms with Gasteiger partial charge in [0.25, 0.3) is 5.91 Å². The SMILES string of the molecule is CC[C@@H]1C[C@@]1(NC(=O)[C@@H]1C[C@@H]2CN1C(=O)[C@H](C(C)(C)C)NC(=O)OCC/C=C\c1ccc3nc(-c4ccccc4)c(nc3c1)O2)C(=O)NS(=O)(=O)C1CC1. The smallest absolute Gasteiger partial charge is 0.407 e. The first-order valence-electron chi connectivity index (χ1n) is 18.5. The normalized spacial score (nSPS) is 26.6. The van der Waals surface area contributed by atoms with Crippen molar-refractivity contribution in [3.05, 3.63) is 60.2 Å². The van der Waals surface area contributed by atoms with Crippen molar-refractivity contribution in [1.82, 2.24) is 30.2 Å². The molecule has 15 heteroatoms. The van der Waals surface area contributed by atoms with Crippen molar-refractivity contribution in [2.24, 2.45) is 11.3 Å². The summed E-state index contributed by atoms with van der Waals surface area (Å²) in [4.78, 5) is 66.8. The Hall–Kier alpha value is -5.05. The highest BCUT2D eigenvalue weighted by molar-refractivity contribution is 7.91. The number of benzene rings is 2. The summed E-state index contributed by atoms with van der Waals surface area (Å²) in [5.74, 6) is -2.02. The molecule has 2 saturated carbocycles. The summed E-state index contributed by atoms with van der Waals surface area (Å²) in [5, 5.41) is 4.98. The third-order valence-electron chi connectivity index (χ3n) is 10.6. The molecule has 0 spiro atoms. The summed E-state index contributed by atoms with van der Waals surface area (Å²) >= 11 is 0. The Morgan fingerprint density at radius 1 is 1.06 bits per heavy atom. The van der Waals surface area contributed by atoms with Gasteiger partial charge in [0.05, 0.1) is 29.4 Å². The Bertz CT molecular complexity index is 2120. The molecular formula is C39H46N6O8S. The number of hydrogen-bond acceptors (Lipinski definition) is 10. The summed E-state index contributed by atoms with van der Waals surface area (Å²) in [5.41, 5.74) is 1.07. The van der Waals surface area contributed by atoms with Crippen LogP contribution in [0.1, 0.15) is 71.8 Å². The van der Waals surface area contributed by atoms with Gasteiger partial charge in [0.2, 0.25) is 27.7 Å². The van der Waals surface area contributed by atoms with Gasteiger partial charge in [-0.3, -0.25) is 19.1 Å². The first kappa shape index (κ1) is 37.3. The van der Waals surface area contributed by atoms with Crippen LogP contribution in [0.4, 0.5) is 4.79 Å². The van der Waals surface area contributed by atoms with Crippen LogP contribution in [0.3, 0.4) is 0 Å². The van der Waals surface area contributed by atoms with Crippen molar-refractivity contribution >= 4 is 50.9 Å². The number of nitrogens with zero attached hydrogens (tertiary/aromatic N) is 3. The van der Waals surface area contributed by atoms with E-state index in [0.717, 1.165) is 11.1 Å². The van der Waals surface area contributed by atoms with E-state index < -0.39 is 68.2 Å². The zero-order chi connectivity index (χ0) is 38.4. The average molecular weight is 759 g/mol. The summed E-state index contributed by atoms with van der Waals surface area (Å²) in [6.45, 7) is 7.26. The van der Waals surface area contributed by atoms with Crippen molar-refractivity contribution in [2.45, 2.75) is 95.2 Å². The van der Waals surface area contributed by atoms with Gasteiger partial charge in [-0.15, -0.1) is 0 Å². The lowest BCUT2D eigenvalue weighted by atomic mass is 9.85. The van der Waals surface area contributed by atoms with Crippen LogP contribution in [0.2, 0.25) is 0 Å². The van der Waals surface area contributed by atoms with Gasteiger partial charge in [-0.25, -0.2) is 23.2 Å². The van der Waals surface area contributed by atoms with Crippen LogP contribution in [0, 0.1) is 11.3 Å². The van der Waals surface area contributed by atoms with Crippen molar-refractivity contribution in [1.29, 1.82) is 0 Å². The van der Waals surface area contributed by atoms with E-state index in [1.807, 2.05) is 67.6 Å². The molecule has 4 aliphatic rings. The summed E-state index contributed by atoms with van der Waals surface area (Å²) in [6.07, 6.45) is 4.40. The summed E-state index contributed by atoms with van der Waals surface area (Å²) in [6, 6.07) is 12.9. The second-order valence-corrected chi connectivity index (χ2v) is 17.7. The van der Waals surface area contributed by atoms with E-state index in [9.17, 15) is 27.6 Å². The molecule has 5 bridgehead atoms. The predicted molar refractivity (Wildman–Crippen MR) is 200 cm³/mol. The van der Waals surface area contributed by atoms with Crippen molar-refractivity contribution in [3.63, 3.8) is 0 Å². The molecule has 3 N–H and O–H groups in total. The summed E-state index contributed by atoms with van der Waals surface area (Å²) < 4.78 is 39.8. The Morgan fingerprint density at radius 2 is 1.81 bits per heavy atom. The molecule has 1 aromatic heterocycles. The van der Waals surface area contributed by atoms with Crippen LogP contribution in [0.15, 0.2) is 54.6 Å². The minimum atomic E-state index is -3.88. The van der Waals surface area contributed by atoms with E-state index in [-0.39, 0.29) is 37.8 Å². The maximum atomic E-state index is 14.6. The van der Waals surface area contributed by atoms with Gasteiger partial charge in [-0.05, 0) is 54.7 Å². The van der Waals surface area contributed by atoms with Gasteiger partial charge in [-0.1, -0.05) is 82.7 Å². The maximum absolute atomic E-state index is 14.6. The largest absolute Gasteiger partial charge is 0.471 e. The highest BCUT2D eigenvalue weighted by atomic mass is 32.2. The molecule has 2 aromatic carbocycles. The number of amides is 4. The molecule has 5 atom stereocenters. The molecule has 54 heavy (non-hydrogen) atoms. The van der Waals surface area contributed by atoms with E-state index in [2.05, 4.69) is 15.4 Å². The van der Waals surface area contributed by atoms with E-state index in [1.165, 1.54) is 4.90 Å². The molecule has 0 unspecified atom stereocenters. The number of sulfonamides is 1. The third-order valence-corrected chi connectivity index (χ3v) is 12.4. The second kappa shape index (κ2) is 14.3. The van der Waals surface area contributed by atoms with E-state index in [1.54, 1.807) is 20.8 Å². The zero-order valence-electron chi connectivity index (χ0n) is 30.8. The number of hydrogen-bond donors (Lipinski definition) is 3. The fraction of sp³-hybridized carbons (Fsp3) is 0.487. The Balaban J connectivity index is 1.26. The number of aromatic nitrogens is 2. The van der Waals surface area contributed by atoms with E-state index >= 15 is 0 Å². The quantitative estimate of drug-likeness (QED) is 0.317. The number of nitrogens with one attached hydrogen (secondary N) is 3. The van der Waals surface area contributed by atoms with E-state index in [0.29, 0.717) is 42.4 Å². The number of cyclic esters (lactones) is 1. The molecule has 2 aliphatic heterocycles. The summed E-state index contributed by atoms with van der Waals surface area (Å²) in [7, 11) is -3.88. The number of carbonyl (C=O) groups is 4. The first-order chi connectivity index (χ1) is 25.7. The molecule has 286 valence electrons. The molecule has 1 saturated heterocycles. The highest BCUT2D eigenvalue weighted by Crippen LogP contribution is 2.47. The Labute approximate surface area is 314 Å². The van der Waals surface area contributed by atoms with Crippen LogP contribution in [0.5, 0.6) is 5.88 Å². The Kier molecular flexibility index (Phi) is 9.88. The van der Waals surface area contributed by atoms with E-state index in [4.69, 9.17) is 19.4 Å². The van der Waals surface area contributed by atoms with Crippen molar-refractivity contribution in [3.8, 4) is 17.1 Å². The molecule has 0 radical (unpaired) electrons. The lowest BCUT2D eigenvalue weighted by Gasteiger charge is -2.35. The van der Waals surface area contributed by atoms with Gasteiger partial charge < -0.3 is 25.0 Å². The fourth-order valence-corrected chi connectivity index (χ4v) is 8.63. The molecule has 3 fully saturated rings. The topological polar surface area (TPSA) is 186 Å². The minimum Gasteiger partial charge on any atom is -0.471 e. The number of alkyl carbamates (subject to hydrolysis) is 1. The average Bonchev–Trinajstić information content (AvgIpc) is 4.06. The third kappa shape index (κ3) is 7.63. The number of fused-ring (bicyclic) bond motifs is 4. The van der Waals surface area contributed by atoms with Crippen LogP contribution in [-0.4, -0.2) is 89.2 Å². The molecule has 14 nitrogen and oxygen atoms in total. The molecule has 2 aliphatic carbocycles. The van der Waals surface area contributed by atoms with Gasteiger partial charge >= 0.3 is 6.09 Å². The van der Waals surface area contributed by atoms with Crippen LogP contribution in [-0.2, 0) is 29.1 Å².